The molecule has 0 aromatic carbocycles. The predicted molar refractivity (Wildman–Crippen MR) is 75.7 cm³/mol. The molecule has 1 N–H and O–H groups in total. The summed E-state index contributed by atoms with van der Waals surface area (Å²) in [6.45, 7) is 6.55. The first-order valence-electron chi connectivity index (χ1n) is 6.32. The molecule has 1 heterocycles. The number of aryl methyl sites for hydroxylation is 1. The normalized spacial score (nSPS) is 12.1. The minimum absolute atomic E-state index is 0.0233. The van der Waals surface area contributed by atoms with E-state index in [4.69, 9.17) is 0 Å². The lowest BCUT2D eigenvalue weighted by Crippen LogP contribution is -2.26. The maximum absolute atomic E-state index is 11.2. The zero-order valence-electron chi connectivity index (χ0n) is 12.1. The number of nitrogens with zero attached hydrogens (tertiary/aromatic N) is 4. The number of nitrogens with one attached hydrogen (secondary N) is 1. The molecule has 0 bridgehead atoms. The van der Waals surface area contributed by atoms with Crippen LogP contribution < -0.4 is 10.2 Å². The molecule has 0 aliphatic rings. The molecule has 0 amide bonds. The first-order valence-corrected chi connectivity index (χ1v) is 6.32. The molecule has 0 saturated carbocycles. The summed E-state index contributed by atoms with van der Waals surface area (Å²) < 4.78 is 0. The zero-order chi connectivity index (χ0) is 14.6. The maximum Gasteiger partial charge on any atom is 0.332 e. The molecule has 1 aromatic heterocycles. The van der Waals surface area contributed by atoms with Crippen molar-refractivity contribution in [3.63, 3.8) is 0 Å². The SMILES string of the molecule is CCC(C)CN(C)c1nc(NC)nc(C)c1[N+](=O)[O-]. The summed E-state index contributed by atoms with van der Waals surface area (Å²) in [5, 5.41) is 14.0. The van der Waals surface area contributed by atoms with Gasteiger partial charge in [-0.15, -0.1) is 0 Å². The molecular formula is C12H21N5O2. The Hall–Kier alpha value is -1.92. The minimum atomic E-state index is -0.419. The van der Waals surface area contributed by atoms with Crippen LogP contribution in [0.25, 0.3) is 0 Å². The lowest BCUT2D eigenvalue weighted by atomic mass is 10.1. The van der Waals surface area contributed by atoms with Gasteiger partial charge in [-0.3, -0.25) is 10.1 Å². The monoisotopic (exact) mass is 267 g/mol. The third-order valence-electron chi connectivity index (χ3n) is 3.09. The topological polar surface area (TPSA) is 84.2 Å². The van der Waals surface area contributed by atoms with Gasteiger partial charge in [0, 0.05) is 20.6 Å². The lowest BCUT2D eigenvalue weighted by molar-refractivity contribution is -0.385. The summed E-state index contributed by atoms with van der Waals surface area (Å²) in [7, 11) is 3.51. The van der Waals surface area contributed by atoms with E-state index in [0.717, 1.165) is 13.0 Å². The Kier molecular flexibility index (Phi) is 5.02. The van der Waals surface area contributed by atoms with Crippen LogP contribution in [0, 0.1) is 23.0 Å². The number of aromatic nitrogens is 2. The second kappa shape index (κ2) is 6.31. The minimum Gasteiger partial charge on any atom is -0.357 e. The third-order valence-corrected chi connectivity index (χ3v) is 3.09. The molecule has 0 aliphatic carbocycles. The van der Waals surface area contributed by atoms with Gasteiger partial charge in [-0.05, 0) is 12.8 Å². The zero-order valence-corrected chi connectivity index (χ0v) is 12.1. The van der Waals surface area contributed by atoms with Gasteiger partial charge < -0.3 is 10.2 Å². The molecule has 1 rings (SSSR count). The van der Waals surface area contributed by atoms with E-state index in [0.29, 0.717) is 23.4 Å². The van der Waals surface area contributed by atoms with E-state index in [1.54, 1.807) is 14.0 Å². The van der Waals surface area contributed by atoms with Gasteiger partial charge in [-0.2, -0.15) is 4.98 Å². The average Bonchev–Trinajstić information content (AvgIpc) is 2.36. The molecule has 1 atom stereocenters. The fourth-order valence-corrected chi connectivity index (χ4v) is 1.83. The summed E-state index contributed by atoms with van der Waals surface area (Å²) in [5.41, 5.74) is 0.347. The van der Waals surface area contributed by atoms with Crippen molar-refractivity contribution in [3.8, 4) is 0 Å². The summed E-state index contributed by atoms with van der Waals surface area (Å²) in [4.78, 5) is 20.9. The smallest absolute Gasteiger partial charge is 0.332 e. The van der Waals surface area contributed by atoms with Crippen LogP contribution in [0.5, 0.6) is 0 Å². The second-order valence-corrected chi connectivity index (χ2v) is 4.71. The fourth-order valence-electron chi connectivity index (χ4n) is 1.83. The molecule has 0 aliphatic heterocycles. The summed E-state index contributed by atoms with van der Waals surface area (Å²) in [6.07, 6.45) is 1.01. The van der Waals surface area contributed by atoms with Crippen LogP contribution in [0.1, 0.15) is 26.0 Å². The van der Waals surface area contributed by atoms with Crippen LogP contribution in [0.2, 0.25) is 0 Å². The van der Waals surface area contributed by atoms with Gasteiger partial charge in [0.1, 0.15) is 5.69 Å². The van der Waals surface area contributed by atoms with Crippen molar-refractivity contribution in [1.29, 1.82) is 0 Å². The molecule has 0 radical (unpaired) electrons. The van der Waals surface area contributed by atoms with Gasteiger partial charge in [0.2, 0.25) is 11.8 Å². The van der Waals surface area contributed by atoms with Gasteiger partial charge in [-0.25, -0.2) is 4.98 Å². The highest BCUT2D eigenvalue weighted by atomic mass is 16.6. The third kappa shape index (κ3) is 3.52. The van der Waals surface area contributed by atoms with Crippen molar-refractivity contribution < 1.29 is 4.92 Å². The average molecular weight is 267 g/mol. The molecule has 0 spiro atoms. The van der Waals surface area contributed by atoms with Crippen molar-refractivity contribution >= 4 is 17.5 Å². The Morgan fingerprint density at radius 1 is 1.47 bits per heavy atom. The summed E-state index contributed by atoms with van der Waals surface area (Å²) in [5.74, 6) is 1.20. The molecule has 19 heavy (non-hydrogen) atoms. The van der Waals surface area contributed by atoms with Crippen LogP contribution in [-0.2, 0) is 0 Å². The summed E-state index contributed by atoms with van der Waals surface area (Å²) in [6, 6.07) is 0. The molecule has 0 saturated heterocycles. The fraction of sp³-hybridized carbons (Fsp3) is 0.667. The molecule has 7 heteroatoms. The second-order valence-electron chi connectivity index (χ2n) is 4.71. The van der Waals surface area contributed by atoms with Crippen molar-refractivity contribution in [2.75, 3.05) is 30.9 Å². The largest absolute Gasteiger partial charge is 0.357 e. The molecule has 106 valence electrons. The van der Waals surface area contributed by atoms with Gasteiger partial charge in [0.05, 0.1) is 4.92 Å². The van der Waals surface area contributed by atoms with Gasteiger partial charge >= 0.3 is 5.69 Å². The number of rotatable bonds is 6. The standard InChI is InChI=1S/C12H21N5O2/c1-6-8(2)7-16(5)11-10(17(18)19)9(3)14-12(13-4)15-11/h8H,6-7H2,1-5H3,(H,13,14,15). The maximum atomic E-state index is 11.2. The predicted octanol–water partition coefficient (Wildman–Crippen LogP) is 2.22. The van der Waals surface area contributed by atoms with E-state index in [1.807, 2.05) is 11.9 Å². The molecule has 7 nitrogen and oxygen atoms in total. The highest BCUT2D eigenvalue weighted by Crippen LogP contribution is 2.29. The van der Waals surface area contributed by atoms with Crippen molar-refractivity contribution in [3.05, 3.63) is 15.8 Å². The number of hydrogen-bond donors (Lipinski definition) is 1. The van der Waals surface area contributed by atoms with Crippen molar-refractivity contribution in [1.82, 2.24) is 9.97 Å². The van der Waals surface area contributed by atoms with E-state index in [-0.39, 0.29) is 5.69 Å². The highest BCUT2D eigenvalue weighted by molar-refractivity contribution is 5.62. The van der Waals surface area contributed by atoms with E-state index in [1.165, 1.54) is 0 Å². The van der Waals surface area contributed by atoms with Crippen LogP contribution in [0.4, 0.5) is 17.5 Å². The van der Waals surface area contributed by atoms with Crippen LogP contribution in [0.3, 0.4) is 0 Å². The van der Waals surface area contributed by atoms with Crippen molar-refractivity contribution in [2.24, 2.45) is 5.92 Å². The lowest BCUT2D eigenvalue weighted by Gasteiger charge is -2.22. The Bertz CT molecular complexity index is 464. The van der Waals surface area contributed by atoms with E-state index in [2.05, 4.69) is 29.1 Å². The number of anilines is 2. The number of hydrogen-bond acceptors (Lipinski definition) is 6. The molecule has 1 unspecified atom stereocenters. The van der Waals surface area contributed by atoms with E-state index < -0.39 is 4.92 Å². The molecular weight excluding hydrogens is 246 g/mol. The Morgan fingerprint density at radius 3 is 2.58 bits per heavy atom. The van der Waals surface area contributed by atoms with Crippen LogP contribution >= 0.6 is 0 Å². The Labute approximate surface area is 113 Å². The van der Waals surface area contributed by atoms with Gasteiger partial charge in [0.25, 0.3) is 0 Å². The van der Waals surface area contributed by atoms with Crippen LogP contribution in [-0.4, -0.2) is 35.5 Å². The highest BCUT2D eigenvalue weighted by Gasteiger charge is 2.25. The first kappa shape index (κ1) is 15.1. The molecule has 0 fully saturated rings. The van der Waals surface area contributed by atoms with E-state index >= 15 is 0 Å². The Morgan fingerprint density at radius 2 is 2.11 bits per heavy atom. The Balaban J connectivity index is 3.22. The van der Waals surface area contributed by atoms with E-state index in [9.17, 15) is 10.1 Å². The quantitative estimate of drug-likeness (QED) is 0.628. The van der Waals surface area contributed by atoms with Gasteiger partial charge in [0.15, 0.2) is 0 Å². The number of nitro groups is 1. The summed E-state index contributed by atoms with van der Waals surface area (Å²) >= 11 is 0. The van der Waals surface area contributed by atoms with Crippen molar-refractivity contribution in [2.45, 2.75) is 27.2 Å². The van der Waals surface area contributed by atoms with Crippen LogP contribution in [0.15, 0.2) is 0 Å². The molecule has 1 aromatic rings. The first-order chi connectivity index (χ1) is 8.90. The van der Waals surface area contributed by atoms with Gasteiger partial charge in [-0.1, -0.05) is 20.3 Å².